The average molecular weight is 160 g/mol. The van der Waals surface area contributed by atoms with Gasteiger partial charge >= 0.3 is 0 Å². The van der Waals surface area contributed by atoms with Crippen LogP contribution in [-0.4, -0.2) is 14.7 Å². The van der Waals surface area contributed by atoms with Gasteiger partial charge in [0.2, 0.25) is 0 Å². The van der Waals surface area contributed by atoms with E-state index in [0.717, 1.165) is 5.82 Å². The molecule has 0 aliphatic heterocycles. The summed E-state index contributed by atoms with van der Waals surface area (Å²) >= 11 is 0. The van der Waals surface area contributed by atoms with Crippen molar-refractivity contribution in [2.24, 2.45) is 0 Å². The van der Waals surface area contributed by atoms with Crippen LogP contribution in [-0.2, 0) is 0 Å². The van der Waals surface area contributed by atoms with E-state index in [1.165, 1.54) is 0 Å². The normalized spacial score (nSPS) is 10.0. The zero-order chi connectivity index (χ0) is 8.39. The summed E-state index contributed by atoms with van der Waals surface area (Å²) in [6, 6.07) is 8.93. The SMILES string of the molecule is Oc1cccn1-c1ccccn1. The molecule has 1 N–H and O–H groups in total. The van der Waals surface area contributed by atoms with E-state index >= 15 is 0 Å². The quantitative estimate of drug-likeness (QED) is 0.687. The monoisotopic (exact) mass is 160 g/mol. The Kier molecular flexibility index (Phi) is 1.55. The first-order valence-corrected chi connectivity index (χ1v) is 3.65. The summed E-state index contributed by atoms with van der Waals surface area (Å²) in [6.45, 7) is 0. The third-order valence-corrected chi connectivity index (χ3v) is 1.62. The van der Waals surface area contributed by atoms with Crippen molar-refractivity contribution in [1.82, 2.24) is 9.55 Å². The molecular formula is C9H8N2O. The van der Waals surface area contributed by atoms with E-state index in [0.29, 0.717) is 0 Å². The van der Waals surface area contributed by atoms with E-state index in [4.69, 9.17) is 0 Å². The molecule has 0 aromatic carbocycles. The molecule has 2 aromatic heterocycles. The molecule has 0 saturated carbocycles. The van der Waals surface area contributed by atoms with E-state index < -0.39 is 0 Å². The largest absolute Gasteiger partial charge is 0.494 e. The predicted octanol–water partition coefficient (Wildman–Crippen LogP) is 1.58. The molecule has 0 bridgehead atoms. The van der Waals surface area contributed by atoms with Crippen molar-refractivity contribution in [1.29, 1.82) is 0 Å². The van der Waals surface area contributed by atoms with Gasteiger partial charge in [-0.25, -0.2) is 4.98 Å². The van der Waals surface area contributed by atoms with Crippen LogP contribution in [0.3, 0.4) is 0 Å². The second-order valence-electron chi connectivity index (χ2n) is 2.42. The van der Waals surface area contributed by atoms with E-state index in [2.05, 4.69) is 4.98 Å². The second kappa shape index (κ2) is 2.70. The van der Waals surface area contributed by atoms with Crippen molar-refractivity contribution in [2.45, 2.75) is 0 Å². The number of nitrogens with zero attached hydrogens (tertiary/aromatic N) is 2. The highest BCUT2D eigenvalue weighted by atomic mass is 16.3. The maximum atomic E-state index is 9.33. The summed E-state index contributed by atoms with van der Waals surface area (Å²) in [5, 5.41) is 9.33. The fraction of sp³-hybridized carbons (Fsp3) is 0. The van der Waals surface area contributed by atoms with Gasteiger partial charge in [-0.05, 0) is 18.2 Å². The molecule has 0 aliphatic carbocycles. The van der Waals surface area contributed by atoms with Crippen molar-refractivity contribution in [2.75, 3.05) is 0 Å². The van der Waals surface area contributed by atoms with Crippen molar-refractivity contribution in [3.05, 3.63) is 42.7 Å². The molecule has 2 heterocycles. The molecular weight excluding hydrogens is 152 g/mol. The van der Waals surface area contributed by atoms with Crippen molar-refractivity contribution >= 4 is 0 Å². The van der Waals surface area contributed by atoms with Crippen LogP contribution < -0.4 is 0 Å². The average Bonchev–Trinajstić information content (AvgIpc) is 2.53. The standard InChI is InChI=1S/C9H8N2O/c12-9-5-3-7-11(9)8-4-1-2-6-10-8/h1-7,12H. The Bertz CT molecular complexity index is 367. The van der Waals surface area contributed by atoms with Crippen LogP contribution in [0.15, 0.2) is 42.7 Å². The zero-order valence-corrected chi connectivity index (χ0v) is 6.38. The van der Waals surface area contributed by atoms with Crippen LogP contribution in [0.1, 0.15) is 0 Å². The molecule has 0 atom stereocenters. The molecule has 3 heteroatoms. The summed E-state index contributed by atoms with van der Waals surface area (Å²) < 4.78 is 1.61. The summed E-state index contributed by atoms with van der Waals surface area (Å²) in [5.74, 6) is 0.925. The number of rotatable bonds is 1. The molecule has 3 nitrogen and oxygen atoms in total. The minimum Gasteiger partial charge on any atom is -0.494 e. The lowest BCUT2D eigenvalue weighted by Crippen LogP contribution is -1.92. The fourth-order valence-corrected chi connectivity index (χ4v) is 1.06. The zero-order valence-electron chi connectivity index (χ0n) is 6.38. The van der Waals surface area contributed by atoms with Gasteiger partial charge in [0.25, 0.3) is 0 Å². The molecule has 12 heavy (non-hydrogen) atoms. The van der Waals surface area contributed by atoms with Gasteiger partial charge in [0.15, 0.2) is 5.88 Å². The van der Waals surface area contributed by atoms with Gasteiger partial charge in [-0.15, -0.1) is 0 Å². The van der Waals surface area contributed by atoms with Gasteiger partial charge < -0.3 is 5.11 Å². The van der Waals surface area contributed by atoms with E-state index in [1.54, 1.807) is 29.1 Å². The van der Waals surface area contributed by atoms with E-state index in [9.17, 15) is 5.11 Å². The number of pyridine rings is 1. The minimum atomic E-state index is 0.203. The first-order valence-electron chi connectivity index (χ1n) is 3.65. The predicted molar refractivity (Wildman–Crippen MR) is 45.2 cm³/mol. The molecule has 0 spiro atoms. The Labute approximate surface area is 69.9 Å². The maximum Gasteiger partial charge on any atom is 0.196 e. The highest BCUT2D eigenvalue weighted by Crippen LogP contribution is 2.14. The molecule has 0 radical (unpaired) electrons. The van der Waals surface area contributed by atoms with Gasteiger partial charge in [-0.2, -0.15) is 0 Å². The van der Waals surface area contributed by atoms with Gasteiger partial charge in [-0.1, -0.05) is 6.07 Å². The van der Waals surface area contributed by atoms with Crippen LogP contribution in [0, 0.1) is 0 Å². The van der Waals surface area contributed by atoms with Gasteiger partial charge in [0.1, 0.15) is 5.82 Å². The summed E-state index contributed by atoms with van der Waals surface area (Å²) in [7, 11) is 0. The fourth-order valence-electron chi connectivity index (χ4n) is 1.06. The molecule has 0 aliphatic rings. The molecule has 0 fully saturated rings. The summed E-state index contributed by atoms with van der Waals surface area (Å²) in [4.78, 5) is 4.08. The van der Waals surface area contributed by atoms with Crippen molar-refractivity contribution < 1.29 is 5.11 Å². The number of hydrogen-bond donors (Lipinski definition) is 1. The Hall–Kier alpha value is -1.77. The first kappa shape index (κ1) is 6.91. The second-order valence-corrected chi connectivity index (χ2v) is 2.42. The Morgan fingerprint density at radius 2 is 2.08 bits per heavy atom. The van der Waals surface area contributed by atoms with Crippen LogP contribution >= 0.6 is 0 Å². The third-order valence-electron chi connectivity index (χ3n) is 1.62. The van der Waals surface area contributed by atoms with Crippen LogP contribution in [0.5, 0.6) is 5.88 Å². The molecule has 2 aromatic rings. The van der Waals surface area contributed by atoms with Crippen molar-refractivity contribution in [3.63, 3.8) is 0 Å². The highest BCUT2D eigenvalue weighted by molar-refractivity contribution is 5.29. The number of aromatic nitrogens is 2. The lowest BCUT2D eigenvalue weighted by Gasteiger charge is -2.01. The Morgan fingerprint density at radius 1 is 1.17 bits per heavy atom. The van der Waals surface area contributed by atoms with Crippen LogP contribution in [0.25, 0.3) is 5.82 Å². The highest BCUT2D eigenvalue weighted by Gasteiger charge is 1.99. The molecule has 0 unspecified atom stereocenters. The topological polar surface area (TPSA) is 38.0 Å². The van der Waals surface area contributed by atoms with Gasteiger partial charge in [0, 0.05) is 18.5 Å². The van der Waals surface area contributed by atoms with Gasteiger partial charge in [0.05, 0.1) is 0 Å². The smallest absolute Gasteiger partial charge is 0.196 e. The molecule has 0 amide bonds. The summed E-state index contributed by atoms with van der Waals surface area (Å²) in [5.41, 5.74) is 0. The maximum absolute atomic E-state index is 9.33. The number of hydrogen-bond acceptors (Lipinski definition) is 2. The Morgan fingerprint density at radius 3 is 2.67 bits per heavy atom. The van der Waals surface area contributed by atoms with Crippen LogP contribution in [0.4, 0.5) is 0 Å². The molecule has 2 rings (SSSR count). The lowest BCUT2D eigenvalue weighted by molar-refractivity contribution is 0.441. The number of aromatic hydroxyl groups is 1. The Balaban J connectivity index is 2.51. The first-order chi connectivity index (χ1) is 5.88. The third kappa shape index (κ3) is 1.05. The minimum absolute atomic E-state index is 0.203. The van der Waals surface area contributed by atoms with Crippen molar-refractivity contribution in [3.8, 4) is 11.7 Å². The van der Waals surface area contributed by atoms with Gasteiger partial charge in [-0.3, -0.25) is 4.57 Å². The molecule has 0 saturated heterocycles. The molecule has 60 valence electrons. The summed E-state index contributed by atoms with van der Waals surface area (Å²) in [6.07, 6.45) is 3.45. The van der Waals surface area contributed by atoms with E-state index in [1.807, 2.05) is 18.2 Å². The van der Waals surface area contributed by atoms with E-state index in [-0.39, 0.29) is 5.88 Å². The van der Waals surface area contributed by atoms with Crippen LogP contribution in [0.2, 0.25) is 0 Å². The lowest BCUT2D eigenvalue weighted by atomic mass is 10.4.